The Morgan fingerprint density at radius 1 is 1.07 bits per heavy atom. The fraction of sp³-hybridized carbons (Fsp3) is 0.111. The number of aromatic nitrogens is 3. The molecule has 6 heteroatoms. The average molecular weight is 351 g/mol. The number of benzene rings is 1. The van der Waals surface area contributed by atoms with Crippen LogP contribution in [0.4, 0.5) is 0 Å². The van der Waals surface area contributed by atoms with Crippen LogP contribution in [0.2, 0.25) is 5.02 Å². The van der Waals surface area contributed by atoms with Crippen LogP contribution in [0.5, 0.6) is 0 Å². The molecule has 2 aromatic rings. The van der Waals surface area contributed by atoms with E-state index in [4.69, 9.17) is 11.6 Å². The first-order valence-electron chi connectivity index (χ1n) is 4.15. The summed E-state index contributed by atoms with van der Waals surface area (Å²) in [5.41, 5.74) is 1.14. The van der Waals surface area contributed by atoms with E-state index in [-0.39, 0.29) is 0 Å². The second kappa shape index (κ2) is 4.63. The highest BCUT2D eigenvalue weighted by atomic mass is 79.9. The SMILES string of the molecule is Clc1ccc(Cn2c(Br)nnc2Br)cc1. The smallest absolute Gasteiger partial charge is 0.201 e. The van der Waals surface area contributed by atoms with E-state index in [0.717, 1.165) is 10.6 Å². The van der Waals surface area contributed by atoms with Crippen molar-refractivity contribution < 1.29 is 0 Å². The number of rotatable bonds is 2. The van der Waals surface area contributed by atoms with E-state index in [0.29, 0.717) is 16.0 Å². The molecule has 0 saturated heterocycles. The minimum Gasteiger partial charge on any atom is -0.292 e. The molecule has 0 aliphatic rings. The molecule has 0 fully saturated rings. The third-order valence-corrected chi connectivity index (χ3v) is 3.34. The standard InChI is InChI=1S/C9H6Br2ClN3/c10-8-13-14-9(11)15(8)5-6-1-3-7(12)4-2-6/h1-4H,5H2. The van der Waals surface area contributed by atoms with Crippen LogP contribution < -0.4 is 0 Å². The Morgan fingerprint density at radius 2 is 1.60 bits per heavy atom. The van der Waals surface area contributed by atoms with Gasteiger partial charge in [-0.1, -0.05) is 23.7 Å². The third-order valence-electron chi connectivity index (χ3n) is 1.91. The van der Waals surface area contributed by atoms with Gasteiger partial charge in [0.1, 0.15) is 0 Å². The topological polar surface area (TPSA) is 30.7 Å². The molecule has 0 spiro atoms. The zero-order valence-corrected chi connectivity index (χ0v) is 11.4. The Hall–Kier alpha value is -0.390. The minimum absolute atomic E-state index is 0.698. The maximum atomic E-state index is 5.81. The summed E-state index contributed by atoms with van der Waals surface area (Å²) in [6.07, 6.45) is 0. The highest BCUT2D eigenvalue weighted by Gasteiger charge is 2.07. The van der Waals surface area contributed by atoms with E-state index in [1.165, 1.54) is 0 Å². The molecule has 0 unspecified atom stereocenters. The lowest BCUT2D eigenvalue weighted by Crippen LogP contribution is -2.00. The fourth-order valence-corrected chi connectivity index (χ4v) is 2.28. The lowest BCUT2D eigenvalue weighted by Gasteiger charge is -2.04. The summed E-state index contributed by atoms with van der Waals surface area (Å²) in [6.45, 7) is 0.700. The van der Waals surface area contributed by atoms with Crippen LogP contribution in [-0.4, -0.2) is 14.8 Å². The molecule has 0 N–H and O–H groups in total. The largest absolute Gasteiger partial charge is 0.292 e. The van der Waals surface area contributed by atoms with Gasteiger partial charge in [0.25, 0.3) is 0 Å². The number of nitrogens with zero attached hydrogens (tertiary/aromatic N) is 3. The highest BCUT2D eigenvalue weighted by molar-refractivity contribution is 9.11. The second-order valence-electron chi connectivity index (χ2n) is 2.95. The van der Waals surface area contributed by atoms with Crippen molar-refractivity contribution in [2.75, 3.05) is 0 Å². The zero-order valence-electron chi connectivity index (χ0n) is 7.49. The minimum atomic E-state index is 0.698. The van der Waals surface area contributed by atoms with Gasteiger partial charge in [-0.25, -0.2) is 0 Å². The first kappa shape index (κ1) is 11.1. The maximum absolute atomic E-state index is 5.81. The summed E-state index contributed by atoms with van der Waals surface area (Å²) >= 11 is 12.5. The molecule has 0 bridgehead atoms. The van der Waals surface area contributed by atoms with Gasteiger partial charge in [-0.3, -0.25) is 4.57 Å². The predicted octanol–water partition coefficient (Wildman–Crippen LogP) is 3.50. The summed E-state index contributed by atoms with van der Waals surface area (Å²) in [4.78, 5) is 0. The lowest BCUT2D eigenvalue weighted by atomic mass is 10.2. The Kier molecular flexibility index (Phi) is 3.43. The van der Waals surface area contributed by atoms with Crippen molar-refractivity contribution in [2.45, 2.75) is 6.54 Å². The van der Waals surface area contributed by atoms with Crippen LogP contribution in [0, 0.1) is 0 Å². The first-order valence-corrected chi connectivity index (χ1v) is 6.12. The Labute approximate surface area is 109 Å². The fourth-order valence-electron chi connectivity index (χ4n) is 1.17. The molecule has 0 aliphatic heterocycles. The quantitative estimate of drug-likeness (QED) is 0.829. The Bertz CT molecular complexity index is 447. The highest BCUT2D eigenvalue weighted by Crippen LogP contribution is 2.17. The van der Waals surface area contributed by atoms with Crippen molar-refractivity contribution in [3.05, 3.63) is 44.3 Å². The van der Waals surface area contributed by atoms with Crippen LogP contribution in [0.25, 0.3) is 0 Å². The molecule has 1 aromatic carbocycles. The van der Waals surface area contributed by atoms with E-state index in [9.17, 15) is 0 Å². The first-order chi connectivity index (χ1) is 7.16. The van der Waals surface area contributed by atoms with Crippen LogP contribution >= 0.6 is 43.5 Å². The number of hydrogen-bond acceptors (Lipinski definition) is 2. The molecule has 1 heterocycles. The Balaban J connectivity index is 2.25. The molecule has 78 valence electrons. The van der Waals surface area contributed by atoms with Crippen molar-refractivity contribution >= 4 is 43.5 Å². The summed E-state index contributed by atoms with van der Waals surface area (Å²) in [5, 5.41) is 8.51. The molecule has 0 saturated carbocycles. The predicted molar refractivity (Wildman–Crippen MR) is 66.0 cm³/mol. The van der Waals surface area contributed by atoms with Gasteiger partial charge in [-0.15, -0.1) is 10.2 Å². The molecule has 0 amide bonds. The maximum Gasteiger partial charge on any atom is 0.201 e. The summed E-state index contributed by atoms with van der Waals surface area (Å²) in [5.74, 6) is 0. The summed E-state index contributed by atoms with van der Waals surface area (Å²) < 4.78 is 3.30. The van der Waals surface area contributed by atoms with Crippen molar-refractivity contribution in [3.8, 4) is 0 Å². The molecular formula is C9H6Br2ClN3. The van der Waals surface area contributed by atoms with E-state index in [1.807, 2.05) is 28.8 Å². The molecule has 15 heavy (non-hydrogen) atoms. The van der Waals surface area contributed by atoms with Gasteiger partial charge in [0.15, 0.2) is 0 Å². The van der Waals surface area contributed by atoms with Gasteiger partial charge in [-0.05, 0) is 49.6 Å². The summed E-state index contributed by atoms with van der Waals surface area (Å²) in [7, 11) is 0. The average Bonchev–Trinajstić information content (AvgIpc) is 2.53. The van der Waals surface area contributed by atoms with Gasteiger partial charge < -0.3 is 0 Å². The van der Waals surface area contributed by atoms with E-state index >= 15 is 0 Å². The molecule has 1 aromatic heterocycles. The van der Waals surface area contributed by atoms with E-state index in [2.05, 4.69) is 42.1 Å². The van der Waals surface area contributed by atoms with Gasteiger partial charge >= 0.3 is 0 Å². The van der Waals surface area contributed by atoms with Crippen molar-refractivity contribution in [1.29, 1.82) is 0 Å². The normalized spacial score (nSPS) is 10.6. The molecule has 0 atom stereocenters. The molecule has 0 radical (unpaired) electrons. The van der Waals surface area contributed by atoms with E-state index < -0.39 is 0 Å². The molecule has 0 aliphatic carbocycles. The van der Waals surface area contributed by atoms with Crippen molar-refractivity contribution in [3.63, 3.8) is 0 Å². The van der Waals surface area contributed by atoms with Gasteiger partial charge in [0.2, 0.25) is 9.47 Å². The Morgan fingerprint density at radius 3 is 2.13 bits per heavy atom. The van der Waals surface area contributed by atoms with Crippen LogP contribution in [-0.2, 0) is 6.54 Å². The van der Waals surface area contributed by atoms with Gasteiger partial charge in [0.05, 0.1) is 6.54 Å². The van der Waals surface area contributed by atoms with Gasteiger partial charge in [0, 0.05) is 5.02 Å². The molecule has 3 nitrogen and oxygen atoms in total. The number of halogens is 3. The van der Waals surface area contributed by atoms with E-state index in [1.54, 1.807) is 0 Å². The zero-order chi connectivity index (χ0) is 10.8. The van der Waals surface area contributed by atoms with Crippen LogP contribution in [0.1, 0.15) is 5.56 Å². The van der Waals surface area contributed by atoms with Crippen LogP contribution in [0.15, 0.2) is 33.7 Å². The van der Waals surface area contributed by atoms with Crippen LogP contribution in [0.3, 0.4) is 0 Å². The second-order valence-corrected chi connectivity index (χ2v) is 4.81. The summed E-state index contributed by atoms with van der Waals surface area (Å²) in [6, 6.07) is 7.68. The molecular weight excluding hydrogens is 345 g/mol. The van der Waals surface area contributed by atoms with Crippen molar-refractivity contribution in [1.82, 2.24) is 14.8 Å². The van der Waals surface area contributed by atoms with Gasteiger partial charge in [-0.2, -0.15) is 0 Å². The van der Waals surface area contributed by atoms with Crippen molar-refractivity contribution in [2.24, 2.45) is 0 Å². The monoisotopic (exact) mass is 349 g/mol. The molecule has 2 rings (SSSR count). The number of hydrogen-bond donors (Lipinski definition) is 0. The lowest BCUT2D eigenvalue weighted by molar-refractivity contribution is 0.754. The third kappa shape index (κ3) is 2.59.